The minimum absolute atomic E-state index is 0.0719. The fourth-order valence-corrected chi connectivity index (χ4v) is 4.19. The molecule has 2 fully saturated rings. The molecule has 6 nitrogen and oxygen atoms in total. The summed E-state index contributed by atoms with van der Waals surface area (Å²) < 4.78 is 0. The van der Waals surface area contributed by atoms with Crippen molar-refractivity contribution in [2.45, 2.75) is 44.7 Å². The maximum atomic E-state index is 12.0. The van der Waals surface area contributed by atoms with Crippen LogP contribution in [0, 0.1) is 10.1 Å². The van der Waals surface area contributed by atoms with Gasteiger partial charge in [0, 0.05) is 44.2 Å². The van der Waals surface area contributed by atoms with Gasteiger partial charge in [-0.25, -0.2) is 0 Å². The molecule has 2 bridgehead atoms. The number of rotatable bonds is 5. The van der Waals surface area contributed by atoms with E-state index in [1.807, 2.05) is 17.9 Å². The molecule has 2 aliphatic heterocycles. The van der Waals surface area contributed by atoms with E-state index in [0.717, 1.165) is 38.0 Å². The molecule has 2 aliphatic rings. The number of hydrogen-bond donors (Lipinski definition) is 0. The lowest BCUT2D eigenvalue weighted by atomic mass is 9.91. The summed E-state index contributed by atoms with van der Waals surface area (Å²) in [5.41, 5.74) is 0.698. The van der Waals surface area contributed by atoms with E-state index in [4.69, 9.17) is 11.6 Å². The molecule has 0 radical (unpaired) electrons. The van der Waals surface area contributed by atoms with Crippen molar-refractivity contribution in [3.05, 3.63) is 45.0 Å². The quantitative estimate of drug-likeness (QED) is 0.579. The Balaban J connectivity index is 1.66. The number of hydrogen-bond acceptors (Lipinski definition) is 4. The number of piperazine rings is 1. The van der Waals surface area contributed by atoms with E-state index in [1.165, 1.54) is 12.5 Å². The second kappa shape index (κ2) is 8.18. The van der Waals surface area contributed by atoms with Crippen LogP contribution < -0.4 is 0 Å². The van der Waals surface area contributed by atoms with Crippen LogP contribution in [0.15, 0.2) is 24.3 Å². The Labute approximate surface area is 158 Å². The molecular formula is C19H24ClN3O3. The summed E-state index contributed by atoms with van der Waals surface area (Å²) in [4.78, 5) is 27.1. The summed E-state index contributed by atoms with van der Waals surface area (Å²) in [6.07, 6.45) is 7.97. The van der Waals surface area contributed by atoms with E-state index in [0.29, 0.717) is 18.5 Å². The van der Waals surface area contributed by atoms with Crippen molar-refractivity contribution < 1.29 is 9.72 Å². The number of fused-ring (bicyclic) bond motifs is 2. The molecule has 7 heteroatoms. The van der Waals surface area contributed by atoms with Gasteiger partial charge in [0.25, 0.3) is 5.69 Å². The van der Waals surface area contributed by atoms with Gasteiger partial charge in [0.05, 0.1) is 4.92 Å². The SMILES string of the molecule is CCC(=O)N1C[C@H]2CCC[C@@H](C1)N2C/C=C/c1ccc(Cl)c([N+](=O)[O-])c1. The van der Waals surface area contributed by atoms with Crippen LogP contribution in [0.1, 0.15) is 38.2 Å². The first kappa shape index (κ1) is 18.9. The number of piperidine rings is 1. The van der Waals surface area contributed by atoms with E-state index < -0.39 is 4.92 Å². The first-order valence-electron chi connectivity index (χ1n) is 9.13. The van der Waals surface area contributed by atoms with Gasteiger partial charge >= 0.3 is 0 Å². The average Bonchev–Trinajstić information content (AvgIpc) is 2.61. The number of amides is 1. The standard InChI is InChI=1S/C19H24ClN3O3/c1-2-19(24)21-12-15-6-3-7-16(13-21)22(15)10-4-5-14-8-9-17(20)18(11-14)23(25)26/h4-5,8-9,11,15-16H,2-3,6-7,10,12-13H2,1H3/b5-4+/t15-,16+. The molecule has 0 aromatic heterocycles. The smallest absolute Gasteiger partial charge is 0.288 e. The summed E-state index contributed by atoms with van der Waals surface area (Å²) in [7, 11) is 0. The minimum atomic E-state index is -0.464. The lowest BCUT2D eigenvalue weighted by Crippen LogP contribution is -2.61. The zero-order chi connectivity index (χ0) is 18.7. The molecular weight excluding hydrogens is 354 g/mol. The first-order chi connectivity index (χ1) is 12.5. The Hall–Kier alpha value is -1.92. The highest BCUT2D eigenvalue weighted by Crippen LogP contribution is 2.29. The fraction of sp³-hybridized carbons (Fsp3) is 0.526. The minimum Gasteiger partial charge on any atom is -0.340 e. The summed E-state index contributed by atoms with van der Waals surface area (Å²) in [6, 6.07) is 5.65. The normalized spacial score (nSPS) is 23.4. The van der Waals surface area contributed by atoms with Crippen molar-refractivity contribution in [3.8, 4) is 0 Å². The molecule has 26 heavy (non-hydrogen) atoms. The Morgan fingerprint density at radius 1 is 1.35 bits per heavy atom. The molecule has 140 valence electrons. The largest absolute Gasteiger partial charge is 0.340 e. The summed E-state index contributed by atoms with van der Waals surface area (Å²) in [5.74, 6) is 0.241. The van der Waals surface area contributed by atoms with Crippen molar-refractivity contribution in [2.24, 2.45) is 0 Å². The molecule has 2 atom stereocenters. The van der Waals surface area contributed by atoms with Gasteiger partial charge in [0.1, 0.15) is 5.02 Å². The third kappa shape index (κ3) is 4.07. The van der Waals surface area contributed by atoms with E-state index in [1.54, 1.807) is 12.1 Å². The molecule has 0 saturated carbocycles. The van der Waals surface area contributed by atoms with Crippen LogP contribution in [0.3, 0.4) is 0 Å². The maximum Gasteiger partial charge on any atom is 0.288 e. The van der Waals surface area contributed by atoms with Crippen LogP contribution in [-0.4, -0.2) is 52.3 Å². The predicted octanol–water partition coefficient (Wildman–Crippen LogP) is 3.74. The highest BCUT2D eigenvalue weighted by molar-refractivity contribution is 6.32. The molecule has 1 amide bonds. The predicted molar refractivity (Wildman–Crippen MR) is 102 cm³/mol. The van der Waals surface area contributed by atoms with E-state index in [2.05, 4.69) is 11.0 Å². The van der Waals surface area contributed by atoms with Gasteiger partial charge in [-0.2, -0.15) is 0 Å². The zero-order valence-corrected chi connectivity index (χ0v) is 15.7. The zero-order valence-electron chi connectivity index (χ0n) is 14.9. The molecule has 0 aliphatic carbocycles. The first-order valence-corrected chi connectivity index (χ1v) is 9.51. The number of nitro benzene ring substituents is 1. The van der Waals surface area contributed by atoms with Gasteiger partial charge in [-0.1, -0.05) is 43.2 Å². The second-order valence-electron chi connectivity index (χ2n) is 6.96. The third-order valence-corrected chi connectivity index (χ3v) is 5.64. The third-order valence-electron chi connectivity index (χ3n) is 5.32. The fourth-order valence-electron chi connectivity index (χ4n) is 4.00. The second-order valence-corrected chi connectivity index (χ2v) is 7.37. The summed E-state index contributed by atoms with van der Waals surface area (Å²) >= 11 is 5.86. The van der Waals surface area contributed by atoms with Gasteiger partial charge in [0.15, 0.2) is 0 Å². The van der Waals surface area contributed by atoms with Crippen LogP contribution in [0.4, 0.5) is 5.69 Å². The highest BCUT2D eigenvalue weighted by atomic mass is 35.5. The van der Waals surface area contributed by atoms with Crippen molar-refractivity contribution in [1.82, 2.24) is 9.80 Å². The van der Waals surface area contributed by atoms with Crippen LogP contribution in [-0.2, 0) is 4.79 Å². The van der Waals surface area contributed by atoms with Crippen molar-refractivity contribution in [2.75, 3.05) is 19.6 Å². The Morgan fingerprint density at radius 2 is 2.04 bits per heavy atom. The van der Waals surface area contributed by atoms with Crippen molar-refractivity contribution in [1.29, 1.82) is 0 Å². The van der Waals surface area contributed by atoms with Gasteiger partial charge < -0.3 is 4.90 Å². The number of likely N-dealkylation sites (tertiary alicyclic amines) is 1. The molecule has 1 aromatic rings. The van der Waals surface area contributed by atoms with Crippen LogP contribution in [0.2, 0.25) is 5.02 Å². The lowest BCUT2D eigenvalue weighted by molar-refractivity contribution is -0.384. The van der Waals surface area contributed by atoms with Crippen LogP contribution in [0.25, 0.3) is 6.08 Å². The van der Waals surface area contributed by atoms with E-state index >= 15 is 0 Å². The van der Waals surface area contributed by atoms with E-state index in [9.17, 15) is 14.9 Å². The Bertz CT molecular complexity index is 708. The van der Waals surface area contributed by atoms with Gasteiger partial charge in [-0.3, -0.25) is 19.8 Å². The molecule has 3 rings (SSSR count). The number of nitrogens with zero attached hydrogens (tertiary/aromatic N) is 3. The van der Waals surface area contributed by atoms with Gasteiger partial charge in [0.2, 0.25) is 5.91 Å². The molecule has 0 unspecified atom stereocenters. The molecule has 1 aromatic carbocycles. The van der Waals surface area contributed by atoms with Crippen LogP contribution in [0.5, 0.6) is 0 Å². The Morgan fingerprint density at radius 3 is 2.65 bits per heavy atom. The van der Waals surface area contributed by atoms with Crippen molar-refractivity contribution in [3.63, 3.8) is 0 Å². The molecule has 2 saturated heterocycles. The highest BCUT2D eigenvalue weighted by Gasteiger charge is 2.37. The number of nitro groups is 1. The summed E-state index contributed by atoms with van der Waals surface area (Å²) in [5, 5.41) is 11.1. The number of carbonyl (C=O) groups excluding carboxylic acids is 1. The van der Waals surface area contributed by atoms with Crippen molar-refractivity contribution >= 4 is 29.3 Å². The van der Waals surface area contributed by atoms with E-state index in [-0.39, 0.29) is 16.6 Å². The number of carbonyl (C=O) groups is 1. The number of halogens is 1. The monoisotopic (exact) mass is 377 g/mol. The Kier molecular flexibility index (Phi) is 5.94. The molecule has 2 heterocycles. The van der Waals surface area contributed by atoms with Gasteiger partial charge in [-0.15, -0.1) is 0 Å². The topological polar surface area (TPSA) is 66.7 Å². The molecule has 0 N–H and O–H groups in total. The van der Waals surface area contributed by atoms with Gasteiger partial charge in [-0.05, 0) is 24.5 Å². The van der Waals surface area contributed by atoms with Crippen LogP contribution >= 0.6 is 11.6 Å². The maximum absolute atomic E-state index is 12.0. The molecule has 0 spiro atoms. The average molecular weight is 378 g/mol. The number of benzene rings is 1. The summed E-state index contributed by atoms with van der Waals surface area (Å²) in [6.45, 7) is 4.32. The lowest BCUT2D eigenvalue weighted by Gasteiger charge is -2.50.